The van der Waals surface area contributed by atoms with Crippen molar-refractivity contribution < 1.29 is 4.79 Å². The van der Waals surface area contributed by atoms with Crippen LogP contribution in [0.5, 0.6) is 0 Å². The number of hydrogen-bond acceptors (Lipinski definition) is 3. The minimum atomic E-state index is -0.0422. The van der Waals surface area contributed by atoms with Crippen molar-refractivity contribution in [1.29, 1.82) is 0 Å². The minimum Gasteiger partial charge on any atom is -0.316 e. The molecule has 5 heteroatoms. The number of nitrogens with zero attached hydrogens (tertiary/aromatic N) is 2. The number of benzene rings is 2. The first-order valence-corrected chi connectivity index (χ1v) is 11.2. The molecule has 1 amide bonds. The standard InChI is InChI=1S/C22H26N2OS2/c1-5-11-24-19-13-16(3)17(4)14-20(19)27-22(24)23-21(25)10-12-26-18-8-6-15(2)7-9-18/h6-9,13-14H,5,10-12H2,1-4H3. The van der Waals surface area contributed by atoms with E-state index in [9.17, 15) is 4.79 Å². The highest BCUT2D eigenvalue weighted by molar-refractivity contribution is 7.99. The third kappa shape index (κ3) is 4.90. The van der Waals surface area contributed by atoms with Crippen LogP contribution in [0.25, 0.3) is 10.2 Å². The SMILES string of the molecule is CCCn1c(=NC(=O)CCSc2ccc(C)cc2)sc2cc(C)c(C)cc21. The topological polar surface area (TPSA) is 34.4 Å². The number of aryl methyl sites for hydroxylation is 4. The molecule has 0 N–H and O–H groups in total. The summed E-state index contributed by atoms with van der Waals surface area (Å²) in [4.78, 5) is 18.9. The van der Waals surface area contributed by atoms with E-state index in [1.165, 1.54) is 31.8 Å². The molecular weight excluding hydrogens is 372 g/mol. The highest BCUT2D eigenvalue weighted by Gasteiger charge is 2.09. The summed E-state index contributed by atoms with van der Waals surface area (Å²) in [5.74, 6) is 0.710. The predicted molar refractivity (Wildman–Crippen MR) is 117 cm³/mol. The molecule has 1 heterocycles. The van der Waals surface area contributed by atoms with Gasteiger partial charge in [0.1, 0.15) is 0 Å². The molecule has 0 aliphatic carbocycles. The lowest BCUT2D eigenvalue weighted by molar-refractivity contribution is -0.117. The Balaban J connectivity index is 1.78. The van der Waals surface area contributed by atoms with Crippen LogP contribution in [0.1, 0.15) is 36.5 Å². The monoisotopic (exact) mass is 398 g/mol. The zero-order chi connectivity index (χ0) is 19.4. The van der Waals surface area contributed by atoms with Crippen molar-refractivity contribution in [3.8, 4) is 0 Å². The smallest absolute Gasteiger partial charge is 0.249 e. The second-order valence-corrected chi connectivity index (χ2v) is 9.03. The Morgan fingerprint density at radius 3 is 2.52 bits per heavy atom. The van der Waals surface area contributed by atoms with Crippen molar-refractivity contribution in [1.82, 2.24) is 4.57 Å². The highest BCUT2D eigenvalue weighted by Crippen LogP contribution is 2.22. The first-order chi connectivity index (χ1) is 13.0. The Kier molecular flexibility index (Phi) is 6.55. The quantitative estimate of drug-likeness (QED) is 0.503. The molecule has 0 saturated heterocycles. The van der Waals surface area contributed by atoms with Crippen LogP contribution in [0.15, 0.2) is 46.3 Å². The predicted octanol–water partition coefficient (Wildman–Crippen LogP) is 5.65. The van der Waals surface area contributed by atoms with Crippen molar-refractivity contribution in [2.75, 3.05) is 5.75 Å². The second-order valence-electron chi connectivity index (χ2n) is 6.86. The first kappa shape index (κ1) is 19.9. The van der Waals surface area contributed by atoms with Gasteiger partial charge in [0.05, 0.1) is 10.2 Å². The van der Waals surface area contributed by atoms with Gasteiger partial charge in [-0.2, -0.15) is 4.99 Å². The molecule has 0 radical (unpaired) electrons. The lowest BCUT2D eigenvalue weighted by Crippen LogP contribution is -2.17. The molecule has 0 atom stereocenters. The molecule has 0 aliphatic rings. The zero-order valence-corrected chi connectivity index (χ0v) is 18.0. The molecule has 0 spiro atoms. The second kappa shape index (κ2) is 8.89. The van der Waals surface area contributed by atoms with Gasteiger partial charge in [0.15, 0.2) is 4.80 Å². The molecule has 2 aromatic carbocycles. The largest absolute Gasteiger partial charge is 0.316 e. The fourth-order valence-corrected chi connectivity index (χ4v) is 4.89. The maximum absolute atomic E-state index is 12.4. The number of fused-ring (bicyclic) bond motifs is 1. The van der Waals surface area contributed by atoms with E-state index < -0.39 is 0 Å². The molecule has 0 aliphatic heterocycles. The minimum absolute atomic E-state index is 0.0422. The molecule has 0 saturated carbocycles. The highest BCUT2D eigenvalue weighted by atomic mass is 32.2. The molecule has 142 valence electrons. The number of carbonyl (C=O) groups excluding carboxylic acids is 1. The van der Waals surface area contributed by atoms with Crippen molar-refractivity contribution >= 4 is 39.2 Å². The first-order valence-electron chi connectivity index (χ1n) is 9.35. The summed E-state index contributed by atoms with van der Waals surface area (Å²) in [5.41, 5.74) is 4.99. The summed E-state index contributed by atoms with van der Waals surface area (Å²) in [6.07, 6.45) is 1.47. The average Bonchev–Trinajstić information content (AvgIpc) is 2.94. The molecule has 0 unspecified atom stereocenters. The normalized spacial score (nSPS) is 12.1. The summed E-state index contributed by atoms with van der Waals surface area (Å²) in [7, 11) is 0. The van der Waals surface area contributed by atoms with Gasteiger partial charge in [-0.05, 0) is 62.6 Å². The Morgan fingerprint density at radius 1 is 1.11 bits per heavy atom. The van der Waals surface area contributed by atoms with Gasteiger partial charge < -0.3 is 4.57 Å². The molecule has 0 fully saturated rings. The van der Waals surface area contributed by atoms with E-state index in [1.807, 2.05) is 0 Å². The van der Waals surface area contributed by atoms with Crippen molar-refractivity contribution in [3.05, 3.63) is 57.9 Å². The van der Waals surface area contributed by atoms with E-state index in [2.05, 4.69) is 73.7 Å². The van der Waals surface area contributed by atoms with Gasteiger partial charge in [0, 0.05) is 23.6 Å². The molecule has 3 aromatic rings. The van der Waals surface area contributed by atoms with Crippen molar-refractivity contribution in [3.63, 3.8) is 0 Å². The molecule has 27 heavy (non-hydrogen) atoms. The van der Waals surface area contributed by atoms with Crippen LogP contribution in [-0.4, -0.2) is 16.2 Å². The summed E-state index contributed by atoms with van der Waals surface area (Å²) >= 11 is 3.32. The Bertz CT molecular complexity index is 1010. The maximum Gasteiger partial charge on any atom is 0.249 e. The number of hydrogen-bond donors (Lipinski definition) is 0. The number of aromatic nitrogens is 1. The van der Waals surface area contributed by atoms with Crippen LogP contribution >= 0.6 is 23.1 Å². The Labute approximate surface area is 169 Å². The van der Waals surface area contributed by atoms with Gasteiger partial charge in [0.25, 0.3) is 0 Å². The van der Waals surface area contributed by atoms with E-state index in [0.29, 0.717) is 6.42 Å². The summed E-state index contributed by atoms with van der Waals surface area (Å²) < 4.78 is 3.39. The lowest BCUT2D eigenvalue weighted by atomic mass is 10.1. The number of thiazole rings is 1. The van der Waals surface area contributed by atoms with Crippen LogP contribution in [0.3, 0.4) is 0 Å². The van der Waals surface area contributed by atoms with Crippen LogP contribution < -0.4 is 4.80 Å². The maximum atomic E-state index is 12.4. The van der Waals surface area contributed by atoms with E-state index >= 15 is 0 Å². The number of amides is 1. The van der Waals surface area contributed by atoms with Gasteiger partial charge in [-0.15, -0.1) is 11.8 Å². The van der Waals surface area contributed by atoms with E-state index in [-0.39, 0.29) is 5.91 Å². The summed E-state index contributed by atoms with van der Waals surface area (Å²) in [6.45, 7) is 9.38. The third-order valence-electron chi connectivity index (χ3n) is 4.57. The summed E-state index contributed by atoms with van der Waals surface area (Å²) in [5, 5.41) is 0. The van der Waals surface area contributed by atoms with Crippen LogP contribution in [-0.2, 0) is 11.3 Å². The number of thioether (sulfide) groups is 1. The average molecular weight is 399 g/mol. The van der Waals surface area contributed by atoms with E-state index in [1.54, 1.807) is 23.1 Å². The Morgan fingerprint density at radius 2 is 1.81 bits per heavy atom. The molecule has 1 aromatic heterocycles. The number of carbonyl (C=O) groups is 1. The zero-order valence-electron chi connectivity index (χ0n) is 16.4. The lowest BCUT2D eigenvalue weighted by Gasteiger charge is -2.05. The van der Waals surface area contributed by atoms with Gasteiger partial charge >= 0.3 is 0 Å². The fraction of sp³-hybridized carbons (Fsp3) is 0.364. The molecular formula is C22H26N2OS2. The van der Waals surface area contributed by atoms with Gasteiger partial charge in [0.2, 0.25) is 5.91 Å². The summed E-state index contributed by atoms with van der Waals surface area (Å²) in [6, 6.07) is 12.8. The molecule has 0 bridgehead atoms. The van der Waals surface area contributed by atoms with Crippen molar-refractivity contribution in [2.45, 2.75) is 52.0 Å². The van der Waals surface area contributed by atoms with Gasteiger partial charge in [-0.1, -0.05) is 36.0 Å². The molecule has 3 rings (SSSR count). The van der Waals surface area contributed by atoms with Crippen LogP contribution in [0, 0.1) is 20.8 Å². The fourth-order valence-electron chi connectivity index (χ4n) is 2.90. The van der Waals surface area contributed by atoms with Gasteiger partial charge in [-0.25, -0.2) is 0 Å². The van der Waals surface area contributed by atoms with Crippen LogP contribution in [0.4, 0.5) is 0 Å². The third-order valence-corrected chi connectivity index (χ3v) is 6.63. The molecule has 3 nitrogen and oxygen atoms in total. The van der Waals surface area contributed by atoms with Crippen LogP contribution in [0.2, 0.25) is 0 Å². The van der Waals surface area contributed by atoms with E-state index in [4.69, 9.17) is 0 Å². The van der Waals surface area contributed by atoms with Gasteiger partial charge in [-0.3, -0.25) is 4.79 Å². The van der Waals surface area contributed by atoms with Crippen molar-refractivity contribution in [2.24, 2.45) is 4.99 Å². The van der Waals surface area contributed by atoms with E-state index in [0.717, 1.165) is 23.5 Å². The Hall–Kier alpha value is -1.85. The number of rotatable bonds is 6.